The zero-order valence-corrected chi connectivity index (χ0v) is 21.1. The van der Waals surface area contributed by atoms with Crippen molar-refractivity contribution in [3.8, 4) is 11.5 Å². The van der Waals surface area contributed by atoms with Gasteiger partial charge in [0.15, 0.2) is 32.6 Å². The van der Waals surface area contributed by atoms with Crippen molar-refractivity contribution in [3.63, 3.8) is 0 Å². The fourth-order valence-corrected chi connectivity index (χ4v) is 4.99. The quantitative estimate of drug-likeness (QED) is 0.367. The van der Waals surface area contributed by atoms with E-state index in [-0.39, 0.29) is 17.3 Å². The maximum Gasteiger partial charge on any atom is 0.259 e. The number of anilines is 1. The molecule has 0 radical (unpaired) electrons. The van der Waals surface area contributed by atoms with Crippen molar-refractivity contribution in [3.05, 3.63) is 42.0 Å². The van der Waals surface area contributed by atoms with Crippen LogP contribution in [0.25, 0.3) is 10.2 Å². The van der Waals surface area contributed by atoms with Crippen LogP contribution in [-0.4, -0.2) is 59.6 Å². The van der Waals surface area contributed by atoms with E-state index in [4.69, 9.17) is 18.9 Å². The van der Waals surface area contributed by atoms with E-state index in [9.17, 15) is 13.2 Å². The van der Waals surface area contributed by atoms with E-state index in [1.54, 1.807) is 52.5 Å². The molecule has 9 nitrogen and oxygen atoms in total. The number of thiazole rings is 1. The molecule has 2 aromatic carbocycles. The number of sulfone groups is 1. The predicted octanol–water partition coefficient (Wildman–Crippen LogP) is 3.84. The summed E-state index contributed by atoms with van der Waals surface area (Å²) >= 11 is 1.29. The van der Waals surface area contributed by atoms with E-state index < -0.39 is 21.8 Å². The maximum absolute atomic E-state index is 13.2. The second kappa shape index (κ2) is 11.6. The first kappa shape index (κ1) is 25.9. The summed E-state index contributed by atoms with van der Waals surface area (Å²) in [6.07, 6.45) is -0.352. The van der Waals surface area contributed by atoms with Crippen LogP contribution < -0.4 is 14.8 Å². The Kier molecular flexibility index (Phi) is 8.84. The molecule has 0 bridgehead atoms. The Morgan fingerprint density at radius 2 is 1.74 bits per heavy atom. The molecule has 1 aromatic heterocycles. The van der Waals surface area contributed by atoms with Crippen LogP contribution in [0.2, 0.25) is 0 Å². The lowest BCUT2D eigenvalue weighted by atomic mass is 10.1. The number of amides is 1. The molecule has 0 aliphatic heterocycles. The maximum atomic E-state index is 13.2. The van der Waals surface area contributed by atoms with Gasteiger partial charge < -0.3 is 18.9 Å². The molecule has 1 unspecified atom stereocenters. The van der Waals surface area contributed by atoms with Crippen LogP contribution in [0.15, 0.2) is 41.3 Å². The highest BCUT2D eigenvalue weighted by Gasteiger charge is 2.24. The van der Waals surface area contributed by atoms with E-state index in [2.05, 4.69) is 10.3 Å². The van der Waals surface area contributed by atoms with Gasteiger partial charge in [0.05, 0.1) is 41.7 Å². The molecule has 0 fully saturated rings. The summed E-state index contributed by atoms with van der Waals surface area (Å²) in [5, 5.41) is 3.21. The fraction of sp³-hybridized carbons (Fsp3) is 0.391. The van der Waals surface area contributed by atoms with Crippen molar-refractivity contribution >= 4 is 42.4 Å². The monoisotopic (exact) mass is 508 g/mol. The highest BCUT2D eigenvalue weighted by Crippen LogP contribution is 2.36. The largest absolute Gasteiger partial charge is 0.493 e. The number of methoxy groups -OCH3 is 3. The minimum Gasteiger partial charge on any atom is -0.493 e. The third-order valence-electron chi connectivity index (χ3n) is 5.06. The Morgan fingerprint density at radius 1 is 1.06 bits per heavy atom. The molecule has 11 heteroatoms. The van der Waals surface area contributed by atoms with E-state index in [0.29, 0.717) is 40.7 Å². The number of fused-ring (bicyclic) bond motifs is 1. The molecule has 34 heavy (non-hydrogen) atoms. The molecular weight excluding hydrogens is 480 g/mol. The summed E-state index contributed by atoms with van der Waals surface area (Å²) < 4.78 is 46.6. The van der Waals surface area contributed by atoms with Gasteiger partial charge in [-0.3, -0.25) is 10.1 Å². The van der Waals surface area contributed by atoms with Crippen LogP contribution in [0.1, 0.15) is 25.0 Å². The number of nitrogens with one attached hydrogen (secondary N) is 1. The Morgan fingerprint density at radius 3 is 2.35 bits per heavy atom. The van der Waals surface area contributed by atoms with Crippen molar-refractivity contribution in [1.29, 1.82) is 0 Å². The number of benzene rings is 2. The molecule has 0 saturated carbocycles. The second-order valence-corrected chi connectivity index (χ2v) is 10.6. The van der Waals surface area contributed by atoms with Crippen LogP contribution in [-0.2, 0) is 24.1 Å². The Bertz CT molecular complexity index is 1180. The molecule has 0 aliphatic rings. The van der Waals surface area contributed by atoms with Gasteiger partial charge in [-0.25, -0.2) is 13.4 Å². The van der Waals surface area contributed by atoms with Crippen molar-refractivity contribution in [1.82, 2.24) is 4.98 Å². The lowest BCUT2D eigenvalue weighted by Crippen LogP contribution is -2.24. The Balaban J connectivity index is 1.85. The first-order valence-corrected chi connectivity index (χ1v) is 13.1. The topological polar surface area (TPSA) is 113 Å². The van der Waals surface area contributed by atoms with E-state index in [0.717, 1.165) is 4.70 Å². The lowest BCUT2D eigenvalue weighted by Gasteiger charge is -2.18. The van der Waals surface area contributed by atoms with Crippen LogP contribution >= 0.6 is 11.3 Å². The highest BCUT2D eigenvalue weighted by molar-refractivity contribution is 7.91. The minimum absolute atomic E-state index is 0.00302. The van der Waals surface area contributed by atoms with Gasteiger partial charge in [-0.05, 0) is 24.1 Å². The zero-order valence-electron chi connectivity index (χ0n) is 19.5. The van der Waals surface area contributed by atoms with Gasteiger partial charge >= 0.3 is 0 Å². The summed E-state index contributed by atoms with van der Waals surface area (Å²) in [5.74, 6) is 0.691. The summed E-state index contributed by atoms with van der Waals surface area (Å²) in [6.45, 7) is 2.36. The van der Waals surface area contributed by atoms with Gasteiger partial charge in [0, 0.05) is 25.8 Å². The lowest BCUT2D eigenvalue weighted by molar-refractivity contribution is -0.128. The van der Waals surface area contributed by atoms with Crippen LogP contribution in [0.4, 0.5) is 5.13 Å². The normalized spacial score (nSPS) is 12.5. The summed E-state index contributed by atoms with van der Waals surface area (Å²) in [4.78, 5) is 17.8. The molecule has 1 amide bonds. The number of rotatable bonds is 12. The van der Waals surface area contributed by atoms with Gasteiger partial charge in [-0.2, -0.15) is 0 Å². The third-order valence-corrected chi connectivity index (χ3v) is 7.75. The number of hydrogen-bond donors (Lipinski definition) is 1. The van der Waals surface area contributed by atoms with Gasteiger partial charge in [-0.15, -0.1) is 0 Å². The second-order valence-electron chi connectivity index (χ2n) is 7.25. The Labute approximate surface area is 202 Å². The summed E-state index contributed by atoms with van der Waals surface area (Å²) in [7, 11) is 1.34. The number of nitrogens with zero attached hydrogens (tertiary/aromatic N) is 1. The number of hydrogen-bond acceptors (Lipinski definition) is 9. The van der Waals surface area contributed by atoms with E-state index in [1.165, 1.54) is 23.5 Å². The first-order chi connectivity index (χ1) is 16.3. The molecule has 184 valence electrons. The molecule has 0 spiro atoms. The standard InChI is InChI=1S/C23H28N2O7S2/c1-5-34(27,28)16-9-7-15(8-10-16)21(32-12-6-11-29-2)22(26)25-23-24-17-13-18(30-3)19(31-4)14-20(17)33-23/h7-10,13-14,21H,5-6,11-12H2,1-4H3,(H,24,25,26). The highest BCUT2D eigenvalue weighted by atomic mass is 32.2. The molecule has 0 saturated heterocycles. The third kappa shape index (κ3) is 6.03. The van der Waals surface area contributed by atoms with Crippen molar-refractivity contribution in [2.24, 2.45) is 0 Å². The molecule has 0 aliphatic carbocycles. The number of carbonyl (C=O) groups excluding carboxylic acids is 1. The number of carbonyl (C=O) groups is 1. The molecule has 1 atom stereocenters. The smallest absolute Gasteiger partial charge is 0.259 e. The molecule has 3 aromatic rings. The van der Waals surface area contributed by atoms with E-state index >= 15 is 0 Å². The zero-order chi connectivity index (χ0) is 24.7. The molecule has 1 heterocycles. The van der Waals surface area contributed by atoms with Gasteiger partial charge in [0.1, 0.15) is 0 Å². The SMILES string of the molecule is CCS(=O)(=O)c1ccc(C(OCCCOC)C(=O)Nc2nc3cc(OC)c(OC)cc3s2)cc1. The van der Waals surface area contributed by atoms with Gasteiger partial charge in [0.2, 0.25) is 0 Å². The van der Waals surface area contributed by atoms with Crippen LogP contribution in [0.3, 0.4) is 0 Å². The average molecular weight is 509 g/mol. The predicted molar refractivity (Wildman–Crippen MR) is 131 cm³/mol. The van der Waals surface area contributed by atoms with Crippen LogP contribution in [0, 0.1) is 0 Å². The van der Waals surface area contributed by atoms with Crippen molar-refractivity contribution < 1.29 is 32.2 Å². The van der Waals surface area contributed by atoms with Crippen molar-refractivity contribution in [2.45, 2.75) is 24.3 Å². The summed E-state index contributed by atoms with van der Waals surface area (Å²) in [5.41, 5.74) is 1.19. The Hall–Kier alpha value is -2.73. The first-order valence-electron chi connectivity index (χ1n) is 10.6. The van der Waals surface area contributed by atoms with Crippen molar-refractivity contribution in [2.75, 3.05) is 45.6 Å². The minimum atomic E-state index is -3.35. The molecular formula is C23H28N2O7S2. The van der Waals surface area contributed by atoms with E-state index in [1.807, 2.05) is 0 Å². The molecule has 3 rings (SSSR count). The summed E-state index contributed by atoms with van der Waals surface area (Å²) in [6, 6.07) is 9.71. The number of ether oxygens (including phenoxy) is 4. The fourth-order valence-electron chi connectivity index (χ4n) is 3.22. The average Bonchev–Trinajstić information content (AvgIpc) is 3.24. The van der Waals surface area contributed by atoms with Gasteiger partial charge in [-0.1, -0.05) is 30.4 Å². The van der Waals surface area contributed by atoms with Crippen LogP contribution in [0.5, 0.6) is 11.5 Å². The van der Waals surface area contributed by atoms with Gasteiger partial charge in [0.25, 0.3) is 5.91 Å². The number of aromatic nitrogens is 1. The molecule has 1 N–H and O–H groups in total.